The zero-order valence-corrected chi connectivity index (χ0v) is 15.2. The predicted octanol–water partition coefficient (Wildman–Crippen LogP) is 3.67. The van der Waals surface area contributed by atoms with E-state index in [1.165, 1.54) is 6.20 Å². The smallest absolute Gasteiger partial charge is 0.275 e. The fourth-order valence-electron chi connectivity index (χ4n) is 2.77. The van der Waals surface area contributed by atoms with Crippen molar-refractivity contribution in [3.63, 3.8) is 0 Å². The average Bonchev–Trinajstić information content (AvgIpc) is 3.09. The van der Waals surface area contributed by atoms with Gasteiger partial charge in [0.05, 0.1) is 23.5 Å². The molecule has 25 heavy (non-hydrogen) atoms. The van der Waals surface area contributed by atoms with E-state index in [-0.39, 0.29) is 5.91 Å². The lowest BCUT2D eigenvalue weighted by Gasteiger charge is -2.10. The largest absolute Gasteiger partial charge is 0.321 e. The van der Waals surface area contributed by atoms with Crippen LogP contribution in [0.2, 0.25) is 5.02 Å². The number of nitrogens with zero attached hydrogens (tertiary/aromatic N) is 4. The van der Waals surface area contributed by atoms with Gasteiger partial charge in [0.25, 0.3) is 5.91 Å². The molecule has 0 saturated carbocycles. The third kappa shape index (κ3) is 3.74. The Morgan fingerprint density at radius 3 is 2.72 bits per heavy atom. The molecule has 1 aromatic carbocycles. The summed E-state index contributed by atoms with van der Waals surface area (Å²) in [6.07, 6.45) is 1.49. The van der Waals surface area contributed by atoms with Gasteiger partial charge in [-0.05, 0) is 44.5 Å². The van der Waals surface area contributed by atoms with Gasteiger partial charge in [0.1, 0.15) is 5.69 Å². The summed E-state index contributed by atoms with van der Waals surface area (Å²) < 4.78 is 3.52. The maximum absolute atomic E-state index is 12.5. The summed E-state index contributed by atoms with van der Waals surface area (Å²) in [7, 11) is 0. The molecule has 3 rings (SSSR count). The van der Waals surface area contributed by atoms with Gasteiger partial charge in [-0.1, -0.05) is 23.7 Å². The fourth-order valence-corrected chi connectivity index (χ4v) is 3.00. The number of anilines is 1. The van der Waals surface area contributed by atoms with E-state index in [0.29, 0.717) is 29.5 Å². The number of rotatable bonds is 5. The summed E-state index contributed by atoms with van der Waals surface area (Å²) in [5, 5.41) is 11.8. The molecular formula is C18H20ClN5O. The Morgan fingerprint density at radius 1 is 1.24 bits per heavy atom. The summed E-state index contributed by atoms with van der Waals surface area (Å²) in [4.78, 5) is 12.5. The summed E-state index contributed by atoms with van der Waals surface area (Å²) >= 11 is 6.09. The van der Waals surface area contributed by atoms with E-state index >= 15 is 0 Å². The minimum atomic E-state index is -0.271. The Labute approximate surface area is 151 Å². The van der Waals surface area contributed by atoms with Crippen molar-refractivity contribution in [1.29, 1.82) is 0 Å². The number of hydrogen-bond donors (Lipinski definition) is 1. The molecule has 1 N–H and O–H groups in total. The first-order valence-corrected chi connectivity index (χ1v) is 8.48. The topological polar surface area (TPSA) is 64.7 Å². The molecule has 0 fully saturated rings. The van der Waals surface area contributed by atoms with Crippen molar-refractivity contribution >= 4 is 23.2 Å². The van der Waals surface area contributed by atoms with E-state index < -0.39 is 0 Å². The van der Waals surface area contributed by atoms with E-state index in [1.54, 1.807) is 4.68 Å². The van der Waals surface area contributed by atoms with Crippen LogP contribution in [0.3, 0.4) is 0 Å². The second-order valence-corrected chi connectivity index (χ2v) is 6.30. The maximum atomic E-state index is 12.5. The first-order valence-electron chi connectivity index (χ1n) is 8.10. The molecule has 3 aromatic rings. The van der Waals surface area contributed by atoms with Crippen LogP contribution >= 0.6 is 11.6 Å². The Balaban J connectivity index is 1.78. The molecule has 0 spiro atoms. The number of amides is 1. The Hall–Kier alpha value is -2.60. The van der Waals surface area contributed by atoms with E-state index in [4.69, 9.17) is 11.6 Å². The van der Waals surface area contributed by atoms with Crippen LogP contribution in [-0.4, -0.2) is 25.5 Å². The monoisotopic (exact) mass is 357 g/mol. The van der Waals surface area contributed by atoms with Crippen LogP contribution in [0.25, 0.3) is 0 Å². The number of carbonyl (C=O) groups excluding carboxylic acids is 1. The van der Waals surface area contributed by atoms with Gasteiger partial charge in [-0.25, -0.2) is 0 Å². The quantitative estimate of drug-likeness (QED) is 0.757. The summed E-state index contributed by atoms with van der Waals surface area (Å²) in [5.74, 6) is -0.271. The molecule has 2 heterocycles. The van der Waals surface area contributed by atoms with Crippen LogP contribution in [0.5, 0.6) is 0 Å². The highest BCUT2D eigenvalue weighted by Gasteiger charge is 2.17. The predicted molar refractivity (Wildman–Crippen MR) is 98.1 cm³/mol. The minimum absolute atomic E-state index is 0.271. The molecule has 0 unspecified atom stereocenters. The molecule has 0 aliphatic carbocycles. The molecule has 0 saturated heterocycles. The maximum Gasteiger partial charge on any atom is 0.275 e. The number of carbonyl (C=O) groups is 1. The summed E-state index contributed by atoms with van der Waals surface area (Å²) in [5.41, 5.74) is 4.23. The van der Waals surface area contributed by atoms with Crippen molar-refractivity contribution in [3.8, 4) is 0 Å². The summed E-state index contributed by atoms with van der Waals surface area (Å²) in [6.45, 7) is 7.14. The highest BCUT2D eigenvalue weighted by Crippen LogP contribution is 2.18. The molecule has 1 amide bonds. The van der Waals surface area contributed by atoms with Gasteiger partial charge >= 0.3 is 0 Å². The van der Waals surface area contributed by atoms with Crippen molar-refractivity contribution < 1.29 is 4.79 Å². The van der Waals surface area contributed by atoms with Crippen molar-refractivity contribution in [2.45, 2.75) is 33.9 Å². The van der Waals surface area contributed by atoms with Gasteiger partial charge in [-0.3, -0.25) is 14.2 Å². The fraction of sp³-hybridized carbons (Fsp3) is 0.278. The van der Waals surface area contributed by atoms with Crippen molar-refractivity contribution in [3.05, 3.63) is 64.2 Å². The minimum Gasteiger partial charge on any atom is -0.321 e. The average molecular weight is 358 g/mol. The molecule has 0 bridgehead atoms. The SMILES string of the molecule is CCn1ncc(Cl)c1C(=O)Nc1cccc(Cn2nc(C)cc2C)c1. The van der Waals surface area contributed by atoms with Gasteiger partial charge in [0.15, 0.2) is 0 Å². The van der Waals surface area contributed by atoms with Crippen molar-refractivity contribution in [2.75, 3.05) is 5.32 Å². The third-order valence-corrected chi connectivity index (χ3v) is 4.21. The number of aryl methyl sites for hydroxylation is 3. The number of halogens is 1. The number of aromatic nitrogens is 4. The highest BCUT2D eigenvalue weighted by molar-refractivity contribution is 6.34. The Bertz CT molecular complexity index is 912. The van der Waals surface area contributed by atoms with Crippen LogP contribution in [-0.2, 0) is 13.1 Å². The van der Waals surface area contributed by atoms with Crippen molar-refractivity contribution in [2.24, 2.45) is 0 Å². The van der Waals surface area contributed by atoms with E-state index in [0.717, 1.165) is 17.0 Å². The molecule has 0 radical (unpaired) electrons. The molecule has 0 atom stereocenters. The van der Waals surface area contributed by atoms with E-state index in [9.17, 15) is 4.79 Å². The lowest BCUT2D eigenvalue weighted by atomic mass is 10.2. The number of nitrogens with one attached hydrogen (secondary N) is 1. The molecule has 7 heteroatoms. The van der Waals surface area contributed by atoms with E-state index in [2.05, 4.69) is 15.5 Å². The molecule has 6 nitrogen and oxygen atoms in total. The van der Waals surface area contributed by atoms with Gasteiger partial charge in [-0.2, -0.15) is 10.2 Å². The second kappa shape index (κ2) is 7.11. The standard InChI is InChI=1S/C18H20ClN5O/c1-4-23-17(16(19)10-20-23)18(25)21-15-7-5-6-14(9-15)11-24-13(3)8-12(2)22-24/h5-10H,4,11H2,1-3H3,(H,21,25). The van der Waals surface area contributed by atoms with Crippen LogP contribution in [0.4, 0.5) is 5.69 Å². The van der Waals surface area contributed by atoms with Gasteiger partial charge < -0.3 is 5.32 Å². The molecule has 0 aliphatic heterocycles. The first kappa shape index (κ1) is 17.2. The molecule has 130 valence electrons. The highest BCUT2D eigenvalue weighted by atomic mass is 35.5. The lowest BCUT2D eigenvalue weighted by molar-refractivity contribution is 0.101. The van der Waals surface area contributed by atoms with Gasteiger partial charge in [-0.15, -0.1) is 0 Å². The van der Waals surface area contributed by atoms with Crippen molar-refractivity contribution in [1.82, 2.24) is 19.6 Å². The van der Waals surface area contributed by atoms with Gasteiger partial charge in [0, 0.05) is 17.9 Å². The third-order valence-electron chi connectivity index (χ3n) is 3.93. The first-order chi connectivity index (χ1) is 12.0. The normalized spacial score (nSPS) is 10.9. The molecule has 2 aromatic heterocycles. The lowest BCUT2D eigenvalue weighted by Crippen LogP contribution is -2.18. The zero-order valence-electron chi connectivity index (χ0n) is 14.5. The second-order valence-electron chi connectivity index (χ2n) is 5.90. The van der Waals surface area contributed by atoms with Crippen LogP contribution in [0, 0.1) is 13.8 Å². The number of benzene rings is 1. The Morgan fingerprint density at radius 2 is 2.04 bits per heavy atom. The van der Waals surface area contributed by atoms with Gasteiger partial charge in [0.2, 0.25) is 0 Å². The molecule has 0 aliphatic rings. The van der Waals surface area contributed by atoms with Crippen LogP contribution in [0.1, 0.15) is 34.4 Å². The van der Waals surface area contributed by atoms with E-state index in [1.807, 2.05) is 55.8 Å². The summed E-state index contributed by atoms with van der Waals surface area (Å²) in [6, 6.07) is 9.75. The van der Waals surface area contributed by atoms with Crippen LogP contribution < -0.4 is 5.32 Å². The molecular weight excluding hydrogens is 338 g/mol. The zero-order chi connectivity index (χ0) is 18.0. The Kier molecular flexibility index (Phi) is 4.90. The number of hydrogen-bond acceptors (Lipinski definition) is 3. The van der Waals surface area contributed by atoms with Crippen LogP contribution in [0.15, 0.2) is 36.5 Å².